The zero-order chi connectivity index (χ0) is 12.0. The summed E-state index contributed by atoms with van der Waals surface area (Å²) in [4.78, 5) is 2.07. The van der Waals surface area contributed by atoms with Crippen molar-refractivity contribution in [1.82, 2.24) is 4.90 Å². The average molecular weight is 239 g/mol. The maximum atomic E-state index is 5.54. The fourth-order valence-electron chi connectivity index (χ4n) is 1.12. The molecule has 16 heavy (non-hydrogen) atoms. The number of likely N-dealkylation sites (N-methyl/N-ethyl adjacent to an activating group) is 1. The van der Waals surface area contributed by atoms with E-state index in [2.05, 4.69) is 10.2 Å². The molecule has 0 fully saturated rings. The predicted molar refractivity (Wildman–Crippen MR) is 70.9 cm³/mol. The van der Waals surface area contributed by atoms with Gasteiger partial charge in [0.2, 0.25) is 0 Å². The van der Waals surface area contributed by atoms with Gasteiger partial charge >= 0.3 is 0 Å². The number of nitrogens with one attached hydrogen (secondary N) is 1. The number of ether oxygens (including phenoxy) is 1. The average Bonchev–Trinajstić information content (AvgIpc) is 2.19. The van der Waals surface area contributed by atoms with E-state index in [4.69, 9.17) is 22.7 Å². The summed E-state index contributed by atoms with van der Waals surface area (Å²) in [7, 11) is 4.02. The number of benzene rings is 1. The number of anilines is 1. The lowest BCUT2D eigenvalue weighted by atomic mass is 10.3. The summed E-state index contributed by atoms with van der Waals surface area (Å²) < 4.78 is 5.54. The summed E-state index contributed by atoms with van der Waals surface area (Å²) in [5, 5.41) is 3.12. The van der Waals surface area contributed by atoms with Gasteiger partial charge in [-0.1, -0.05) is 0 Å². The minimum Gasteiger partial charge on any atom is -0.492 e. The molecule has 0 spiro atoms. The molecule has 0 radical (unpaired) electrons. The van der Waals surface area contributed by atoms with Gasteiger partial charge in [0.1, 0.15) is 12.4 Å². The molecule has 0 saturated carbocycles. The number of nitrogens with two attached hydrogens (primary N) is 1. The number of hydrogen-bond donors (Lipinski definition) is 2. The van der Waals surface area contributed by atoms with Crippen molar-refractivity contribution in [2.45, 2.75) is 0 Å². The summed E-state index contributed by atoms with van der Waals surface area (Å²) in [5.74, 6) is 0.843. The third-order valence-corrected chi connectivity index (χ3v) is 2.03. The van der Waals surface area contributed by atoms with Gasteiger partial charge in [-0.3, -0.25) is 0 Å². The van der Waals surface area contributed by atoms with E-state index >= 15 is 0 Å². The molecule has 0 aromatic heterocycles. The van der Waals surface area contributed by atoms with E-state index in [0.717, 1.165) is 18.0 Å². The highest BCUT2D eigenvalue weighted by Gasteiger charge is 1.96. The van der Waals surface area contributed by atoms with E-state index in [0.29, 0.717) is 6.61 Å². The summed E-state index contributed by atoms with van der Waals surface area (Å²) >= 11 is 4.74. The fraction of sp³-hybridized carbons (Fsp3) is 0.364. The van der Waals surface area contributed by atoms with Crippen LogP contribution in [0.4, 0.5) is 5.69 Å². The van der Waals surface area contributed by atoms with Gasteiger partial charge in [0.25, 0.3) is 0 Å². The highest BCUT2D eigenvalue weighted by Crippen LogP contribution is 2.15. The number of thiocarbonyl (C=S) groups is 1. The van der Waals surface area contributed by atoms with E-state index in [1.165, 1.54) is 0 Å². The minimum atomic E-state index is 0.265. The van der Waals surface area contributed by atoms with Crippen LogP contribution in [0.2, 0.25) is 0 Å². The first-order valence-corrected chi connectivity index (χ1v) is 5.43. The Kier molecular flexibility index (Phi) is 5.01. The Hall–Kier alpha value is -1.33. The molecule has 5 heteroatoms. The van der Waals surface area contributed by atoms with Crippen LogP contribution in [0.25, 0.3) is 0 Å². The van der Waals surface area contributed by atoms with E-state index in [-0.39, 0.29) is 5.11 Å². The molecule has 0 saturated heterocycles. The van der Waals surface area contributed by atoms with Crippen molar-refractivity contribution >= 4 is 23.0 Å². The zero-order valence-corrected chi connectivity index (χ0v) is 10.4. The molecule has 0 aliphatic carbocycles. The van der Waals surface area contributed by atoms with E-state index < -0.39 is 0 Å². The lowest BCUT2D eigenvalue weighted by Crippen LogP contribution is -2.19. The molecule has 0 amide bonds. The summed E-state index contributed by atoms with van der Waals surface area (Å²) in [6, 6.07) is 7.53. The Labute approximate surface area is 101 Å². The smallest absolute Gasteiger partial charge is 0.168 e. The summed E-state index contributed by atoms with van der Waals surface area (Å²) in [6.07, 6.45) is 0. The van der Waals surface area contributed by atoms with Gasteiger partial charge in [-0.15, -0.1) is 0 Å². The maximum absolute atomic E-state index is 5.54. The molecule has 0 atom stereocenters. The Balaban J connectivity index is 2.42. The highest BCUT2D eigenvalue weighted by molar-refractivity contribution is 7.80. The molecule has 0 heterocycles. The van der Waals surface area contributed by atoms with Gasteiger partial charge in [0.15, 0.2) is 5.11 Å². The predicted octanol–water partition coefficient (Wildman–Crippen LogP) is 1.28. The van der Waals surface area contributed by atoms with E-state index in [1.807, 2.05) is 38.4 Å². The Morgan fingerprint density at radius 3 is 2.50 bits per heavy atom. The number of hydrogen-bond acceptors (Lipinski definition) is 3. The van der Waals surface area contributed by atoms with Crippen LogP contribution in [0.1, 0.15) is 0 Å². The normalized spacial score (nSPS) is 10.2. The quantitative estimate of drug-likeness (QED) is 0.758. The van der Waals surface area contributed by atoms with Gasteiger partial charge in [-0.2, -0.15) is 0 Å². The number of rotatable bonds is 5. The van der Waals surface area contributed by atoms with Gasteiger partial charge in [0.05, 0.1) is 0 Å². The first-order chi connectivity index (χ1) is 7.58. The zero-order valence-electron chi connectivity index (χ0n) is 9.56. The second-order valence-electron chi connectivity index (χ2n) is 3.67. The molecular formula is C11H17N3OS. The minimum absolute atomic E-state index is 0.265. The standard InChI is InChI=1S/C11H17N3OS/c1-14(2)7-8-15-10-5-3-9(4-6-10)13-11(12)16/h3-6H,7-8H2,1-2H3,(H3,12,13,16). The topological polar surface area (TPSA) is 50.5 Å². The fourth-order valence-corrected chi connectivity index (χ4v) is 1.24. The molecular weight excluding hydrogens is 222 g/mol. The number of nitrogens with zero attached hydrogens (tertiary/aromatic N) is 1. The van der Waals surface area contributed by atoms with Crippen molar-refractivity contribution in [3.63, 3.8) is 0 Å². The van der Waals surface area contributed by atoms with Crippen molar-refractivity contribution in [3.05, 3.63) is 24.3 Å². The SMILES string of the molecule is CN(C)CCOc1ccc(NC(N)=S)cc1. The molecule has 0 aliphatic heterocycles. The summed E-state index contributed by atoms with van der Waals surface area (Å²) in [5.41, 5.74) is 6.23. The first-order valence-electron chi connectivity index (χ1n) is 5.02. The van der Waals surface area contributed by atoms with Crippen molar-refractivity contribution in [2.75, 3.05) is 32.6 Å². The van der Waals surface area contributed by atoms with Crippen LogP contribution in [-0.2, 0) is 0 Å². The van der Waals surface area contributed by atoms with Crippen LogP contribution < -0.4 is 15.8 Å². The van der Waals surface area contributed by atoms with Crippen molar-refractivity contribution in [3.8, 4) is 5.75 Å². The van der Waals surface area contributed by atoms with Crippen LogP contribution in [0.15, 0.2) is 24.3 Å². The van der Waals surface area contributed by atoms with Crippen molar-refractivity contribution < 1.29 is 4.74 Å². The molecule has 0 aliphatic rings. The van der Waals surface area contributed by atoms with Crippen molar-refractivity contribution in [1.29, 1.82) is 0 Å². The Bertz CT molecular complexity index is 338. The van der Waals surface area contributed by atoms with Gasteiger partial charge in [-0.25, -0.2) is 0 Å². The Morgan fingerprint density at radius 2 is 2.00 bits per heavy atom. The lowest BCUT2D eigenvalue weighted by Gasteiger charge is -2.11. The molecule has 88 valence electrons. The molecule has 1 rings (SSSR count). The molecule has 4 nitrogen and oxygen atoms in total. The van der Waals surface area contributed by atoms with Crippen molar-refractivity contribution in [2.24, 2.45) is 5.73 Å². The molecule has 1 aromatic carbocycles. The van der Waals surface area contributed by atoms with Crippen LogP contribution in [0.3, 0.4) is 0 Å². The van der Waals surface area contributed by atoms with Crippen LogP contribution in [0, 0.1) is 0 Å². The maximum Gasteiger partial charge on any atom is 0.168 e. The van der Waals surface area contributed by atoms with E-state index in [9.17, 15) is 0 Å². The lowest BCUT2D eigenvalue weighted by molar-refractivity contribution is 0.261. The third kappa shape index (κ3) is 4.95. The third-order valence-electron chi connectivity index (χ3n) is 1.93. The molecule has 1 aromatic rings. The van der Waals surface area contributed by atoms with Crippen LogP contribution in [-0.4, -0.2) is 37.3 Å². The van der Waals surface area contributed by atoms with Gasteiger partial charge in [0, 0.05) is 12.2 Å². The monoisotopic (exact) mass is 239 g/mol. The van der Waals surface area contributed by atoms with Crippen LogP contribution in [0.5, 0.6) is 5.75 Å². The largest absolute Gasteiger partial charge is 0.492 e. The van der Waals surface area contributed by atoms with E-state index in [1.54, 1.807) is 0 Å². The van der Waals surface area contributed by atoms with Gasteiger partial charge < -0.3 is 20.7 Å². The molecule has 0 bridgehead atoms. The first kappa shape index (κ1) is 12.7. The van der Waals surface area contributed by atoms with Crippen LogP contribution >= 0.6 is 12.2 Å². The molecule has 0 unspecified atom stereocenters. The second-order valence-corrected chi connectivity index (χ2v) is 4.11. The van der Waals surface area contributed by atoms with Gasteiger partial charge in [-0.05, 0) is 50.6 Å². The highest BCUT2D eigenvalue weighted by atomic mass is 32.1. The Morgan fingerprint density at radius 1 is 1.38 bits per heavy atom. The summed E-state index contributed by atoms with van der Waals surface area (Å²) in [6.45, 7) is 1.57. The molecule has 3 N–H and O–H groups in total. The second kappa shape index (κ2) is 6.30.